The van der Waals surface area contributed by atoms with Gasteiger partial charge in [-0.3, -0.25) is 14.5 Å². The maximum Gasteiger partial charge on any atom is 0.248 e. The number of aliphatic hydroxyl groups is 1. The van der Waals surface area contributed by atoms with Crippen LogP contribution in [0.1, 0.15) is 5.56 Å². The van der Waals surface area contributed by atoms with Crippen LogP contribution in [0.2, 0.25) is 0 Å². The van der Waals surface area contributed by atoms with Crippen molar-refractivity contribution in [3.8, 4) is 0 Å². The van der Waals surface area contributed by atoms with Gasteiger partial charge in [0.15, 0.2) is 0 Å². The first-order valence-corrected chi connectivity index (χ1v) is 7.27. The lowest BCUT2D eigenvalue weighted by Crippen LogP contribution is -2.69. The minimum atomic E-state index is -0.845. The molecule has 2 heterocycles. The summed E-state index contributed by atoms with van der Waals surface area (Å²) in [6.07, 6.45) is 0. The maximum atomic E-state index is 13.7. The van der Waals surface area contributed by atoms with Crippen LogP contribution in [0.3, 0.4) is 0 Å². The Labute approximate surface area is 127 Å². The third-order valence-electron chi connectivity index (χ3n) is 4.20. The highest BCUT2D eigenvalue weighted by Gasteiger charge is 2.43. The lowest BCUT2D eigenvalue weighted by molar-refractivity contribution is -0.154. The Morgan fingerprint density at radius 2 is 2.05 bits per heavy atom. The first-order chi connectivity index (χ1) is 10.6. The van der Waals surface area contributed by atoms with Crippen LogP contribution in [0.5, 0.6) is 0 Å². The maximum absolute atomic E-state index is 13.7. The van der Waals surface area contributed by atoms with Gasteiger partial charge in [-0.2, -0.15) is 0 Å². The van der Waals surface area contributed by atoms with Gasteiger partial charge >= 0.3 is 0 Å². The average Bonchev–Trinajstić information content (AvgIpc) is 2.53. The van der Waals surface area contributed by atoms with Crippen molar-refractivity contribution in [2.24, 2.45) is 0 Å². The molecule has 0 aromatic heterocycles. The molecule has 2 atom stereocenters. The number of benzene rings is 1. The lowest BCUT2D eigenvalue weighted by Gasteiger charge is -2.45. The van der Waals surface area contributed by atoms with Crippen LogP contribution in [-0.4, -0.2) is 65.0 Å². The molecule has 2 N–H and O–H groups in total. The molecule has 22 heavy (non-hydrogen) atoms. The molecule has 2 amide bonds. The van der Waals surface area contributed by atoms with E-state index >= 15 is 0 Å². The highest BCUT2D eigenvalue weighted by atomic mass is 19.1. The number of hydrogen-bond acceptors (Lipinski definition) is 4. The molecule has 2 fully saturated rings. The minimum Gasteiger partial charge on any atom is -0.394 e. The summed E-state index contributed by atoms with van der Waals surface area (Å²) in [6.45, 7) is 1.35. The molecule has 118 valence electrons. The Morgan fingerprint density at radius 3 is 2.77 bits per heavy atom. The summed E-state index contributed by atoms with van der Waals surface area (Å²) in [7, 11) is 0. The Balaban J connectivity index is 1.70. The van der Waals surface area contributed by atoms with E-state index in [-0.39, 0.29) is 17.6 Å². The monoisotopic (exact) mass is 307 g/mol. The molecule has 0 spiro atoms. The average molecular weight is 307 g/mol. The third-order valence-corrected chi connectivity index (χ3v) is 4.20. The molecule has 7 heteroatoms. The van der Waals surface area contributed by atoms with Crippen molar-refractivity contribution in [2.75, 3.05) is 26.2 Å². The summed E-state index contributed by atoms with van der Waals surface area (Å²) >= 11 is 0. The van der Waals surface area contributed by atoms with E-state index in [0.29, 0.717) is 31.7 Å². The number of nitrogens with zero attached hydrogens (tertiary/aromatic N) is 2. The Bertz CT molecular complexity index is 595. The van der Waals surface area contributed by atoms with Crippen LogP contribution in [0.15, 0.2) is 24.3 Å². The molecule has 0 saturated carbocycles. The Kier molecular flexibility index (Phi) is 4.08. The predicted molar refractivity (Wildman–Crippen MR) is 76.2 cm³/mol. The number of carbonyl (C=O) groups is 2. The van der Waals surface area contributed by atoms with E-state index in [9.17, 15) is 14.0 Å². The second-order valence-electron chi connectivity index (χ2n) is 5.62. The van der Waals surface area contributed by atoms with E-state index < -0.39 is 18.7 Å². The summed E-state index contributed by atoms with van der Waals surface area (Å²) < 4.78 is 13.7. The number of hydrogen-bond donors (Lipinski definition) is 2. The molecule has 1 aromatic rings. The first kappa shape index (κ1) is 14.9. The van der Waals surface area contributed by atoms with E-state index in [2.05, 4.69) is 5.32 Å². The molecule has 0 bridgehead atoms. The van der Waals surface area contributed by atoms with Crippen LogP contribution < -0.4 is 5.32 Å². The zero-order valence-corrected chi connectivity index (χ0v) is 12.0. The summed E-state index contributed by atoms with van der Waals surface area (Å²) in [5, 5.41) is 11.7. The summed E-state index contributed by atoms with van der Waals surface area (Å²) in [5.41, 5.74) is 0.576. The standard InChI is InChI=1S/C15H18FN3O3/c16-11-4-2-1-3-10(11)7-18-5-6-19-13(8-18)14(21)17-12(9-20)15(19)22/h1-4,12-13,20H,5-9H2,(H,17,21)/t12-,13-/m1/s1. The molecule has 0 aliphatic carbocycles. The van der Waals surface area contributed by atoms with Crippen molar-refractivity contribution < 1.29 is 19.1 Å². The van der Waals surface area contributed by atoms with Gasteiger partial charge in [-0.15, -0.1) is 0 Å². The normalized spacial score (nSPS) is 25.8. The lowest BCUT2D eigenvalue weighted by atomic mass is 10.0. The molecular weight excluding hydrogens is 289 g/mol. The fourth-order valence-corrected chi connectivity index (χ4v) is 2.99. The van der Waals surface area contributed by atoms with E-state index in [4.69, 9.17) is 5.11 Å². The zero-order chi connectivity index (χ0) is 15.7. The summed E-state index contributed by atoms with van der Waals surface area (Å²) in [4.78, 5) is 27.7. The quantitative estimate of drug-likeness (QED) is 0.777. The van der Waals surface area contributed by atoms with Crippen LogP contribution in [-0.2, 0) is 16.1 Å². The molecule has 2 aliphatic rings. The van der Waals surface area contributed by atoms with Crippen molar-refractivity contribution in [3.63, 3.8) is 0 Å². The first-order valence-electron chi connectivity index (χ1n) is 7.27. The van der Waals surface area contributed by atoms with Crippen LogP contribution in [0.4, 0.5) is 4.39 Å². The van der Waals surface area contributed by atoms with E-state index in [1.165, 1.54) is 11.0 Å². The molecule has 0 unspecified atom stereocenters. The van der Waals surface area contributed by atoms with Gasteiger partial charge in [0, 0.05) is 31.7 Å². The van der Waals surface area contributed by atoms with Gasteiger partial charge in [0.25, 0.3) is 0 Å². The zero-order valence-electron chi connectivity index (χ0n) is 12.0. The van der Waals surface area contributed by atoms with Crippen molar-refractivity contribution in [3.05, 3.63) is 35.6 Å². The SMILES string of the molecule is O=C1N[C@H](CO)C(=O)N2CCN(Cc3ccccc3F)C[C@H]12. The van der Waals surface area contributed by atoms with Crippen LogP contribution in [0, 0.1) is 5.82 Å². The number of aliphatic hydroxyl groups excluding tert-OH is 1. The highest BCUT2D eigenvalue weighted by Crippen LogP contribution is 2.18. The molecule has 3 rings (SSSR count). The fraction of sp³-hybridized carbons (Fsp3) is 0.467. The summed E-state index contributed by atoms with van der Waals surface area (Å²) in [5.74, 6) is -0.788. The molecule has 2 aliphatic heterocycles. The van der Waals surface area contributed by atoms with Gasteiger partial charge in [0.05, 0.1) is 6.61 Å². The largest absolute Gasteiger partial charge is 0.394 e. The van der Waals surface area contributed by atoms with Crippen molar-refractivity contribution >= 4 is 11.8 Å². The second kappa shape index (κ2) is 6.02. The van der Waals surface area contributed by atoms with E-state index in [1.54, 1.807) is 18.2 Å². The van der Waals surface area contributed by atoms with Gasteiger partial charge in [0.1, 0.15) is 17.9 Å². The minimum absolute atomic E-state index is 0.252. The number of nitrogens with one attached hydrogen (secondary N) is 1. The van der Waals surface area contributed by atoms with E-state index in [1.807, 2.05) is 4.90 Å². The third kappa shape index (κ3) is 2.69. The predicted octanol–water partition coefficient (Wildman–Crippen LogP) is -0.671. The molecule has 6 nitrogen and oxygen atoms in total. The van der Waals surface area contributed by atoms with Gasteiger partial charge < -0.3 is 15.3 Å². The number of piperazine rings is 2. The van der Waals surface area contributed by atoms with Crippen LogP contribution >= 0.6 is 0 Å². The Morgan fingerprint density at radius 1 is 1.27 bits per heavy atom. The molecular formula is C15H18FN3O3. The topological polar surface area (TPSA) is 72.9 Å². The van der Waals surface area contributed by atoms with Crippen molar-refractivity contribution in [1.29, 1.82) is 0 Å². The molecule has 0 radical (unpaired) electrons. The smallest absolute Gasteiger partial charge is 0.248 e. The number of carbonyl (C=O) groups excluding carboxylic acids is 2. The molecule has 1 aromatic carbocycles. The number of halogens is 1. The van der Waals surface area contributed by atoms with Crippen LogP contribution in [0.25, 0.3) is 0 Å². The van der Waals surface area contributed by atoms with E-state index in [0.717, 1.165) is 0 Å². The molecule has 2 saturated heterocycles. The van der Waals surface area contributed by atoms with Crippen molar-refractivity contribution in [1.82, 2.24) is 15.1 Å². The van der Waals surface area contributed by atoms with Crippen molar-refractivity contribution in [2.45, 2.75) is 18.6 Å². The number of amides is 2. The van der Waals surface area contributed by atoms with Gasteiger partial charge in [0.2, 0.25) is 11.8 Å². The highest BCUT2D eigenvalue weighted by molar-refractivity contribution is 5.97. The number of rotatable bonds is 3. The van der Waals surface area contributed by atoms with Gasteiger partial charge in [-0.1, -0.05) is 18.2 Å². The fourth-order valence-electron chi connectivity index (χ4n) is 2.99. The van der Waals surface area contributed by atoms with Gasteiger partial charge in [-0.05, 0) is 6.07 Å². The Hall–Kier alpha value is -1.99. The van der Waals surface area contributed by atoms with Gasteiger partial charge in [-0.25, -0.2) is 4.39 Å². The second-order valence-corrected chi connectivity index (χ2v) is 5.62. The summed E-state index contributed by atoms with van der Waals surface area (Å²) in [6, 6.07) is 5.12. The number of fused-ring (bicyclic) bond motifs is 1.